The lowest BCUT2D eigenvalue weighted by Gasteiger charge is -2.54. The number of hydrogen-bond acceptors (Lipinski definition) is 2. The fourth-order valence-electron chi connectivity index (χ4n) is 20.3. The van der Waals surface area contributed by atoms with Gasteiger partial charge in [-0.1, -0.05) is 265 Å². The summed E-state index contributed by atoms with van der Waals surface area (Å²) in [5.74, 6) is 4.89. The SMILES string of the molecule is CCC(C)(C)c1ccc2c3ccc(C(C)(C)CC)cc3n(C)c2c1.CN1c2ccccc2C(C)(C)c2cc(C(C)(C)C)ccc21.CN1c2ccccc2C(C)(C)c2cc(CC(C)(C)C)ccc21.Cn1c2ccccc2c2cc(C3C4CC5CC(C4)CC3C5)ccc21.Cn1c2ccccc2c2cc(CC(C)(C)C)ccc21. The number of rotatable bonds is 7. The molecule has 5 heteroatoms. The molecule has 4 fully saturated rings. The zero-order valence-corrected chi connectivity index (χ0v) is 71.6. The van der Waals surface area contributed by atoms with Crippen LogP contribution in [-0.2, 0) is 61.1 Å². The van der Waals surface area contributed by atoms with Crippen LogP contribution in [-0.4, -0.2) is 27.8 Å². The molecule has 574 valence electrons. The molecule has 5 nitrogen and oxygen atoms in total. The van der Waals surface area contributed by atoms with Gasteiger partial charge in [-0.2, -0.15) is 0 Å². The van der Waals surface area contributed by atoms with Crippen molar-refractivity contribution in [2.45, 2.75) is 222 Å². The molecule has 10 aromatic carbocycles. The number of anilines is 4. The molecule has 0 spiro atoms. The molecular formula is C105H129N5. The quantitative estimate of drug-likeness (QED) is 0.159. The van der Waals surface area contributed by atoms with Gasteiger partial charge in [-0.3, -0.25) is 0 Å². The Hall–Kier alpha value is -8.80. The van der Waals surface area contributed by atoms with E-state index in [9.17, 15) is 0 Å². The van der Waals surface area contributed by atoms with Gasteiger partial charge in [0.25, 0.3) is 0 Å². The minimum absolute atomic E-state index is 0.0414. The molecule has 13 aromatic rings. The first kappa shape index (κ1) is 77.9. The minimum Gasteiger partial charge on any atom is -0.344 e. The summed E-state index contributed by atoms with van der Waals surface area (Å²) in [7, 11) is 10.9. The molecule has 110 heavy (non-hydrogen) atoms. The fraction of sp³-hybridized carbons (Fsp3) is 0.429. The lowest BCUT2D eigenvalue weighted by atomic mass is 9.51. The Balaban J connectivity index is 0.000000115. The van der Waals surface area contributed by atoms with Crippen LogP contribution in [0.1, 0.15) is 238 Å². The zero-order valence-electron chi connectivity index (χ0n) is 71.6. The van der Waals surface area contributed by atoms with E-state index >= 15 is 0 Å². The molecule has 6 aliphatic rings. The second kappa shape index (κ2) is 29.1. The first-order chi connectivity index (χ1) is 51.9. The molecule has 5 heterocycles. The van der Waals surface area contributed by atoms with Gasteiger partial charge in [0.2, 0.25) is 0 Å². The van der Waals surface area contributed by atoms with Crippen molar-refractivity contribution in [3.8, 4) is 0 Å². The van der Waals surface area contributed by atoms with Crippen LogP contribution in [0.3, 0.4) is 0 Å². The van der Waals surface area contributed by atoms with Crippen molar-refractivity contribution in [3.05, 3.63) is 262 Å². The molecule has 0 unspecified atom stereocenters. The molecule has 4 aliphatic carbocycles. The van der Waals surface area contributed by atoms with Gasteiger partial charge in [0.15, 0.2) is 0 Å². The second-order valence-electron chi connectivity index (χ2n) is 39.9. The molecule has 0 saturated heterocycles. The monoisotopic (exact) mass is 1460 g/mol. The Bertz CT molecular complexity index is 5470. The van der Waals surface area contributed by atoms with Crippen LogP contribution < -0.4 is 9.80 Å². The van der Waals surface area contributed by atoms with Gasteiger partial charge in [0, 0.05) is 134 Å². The minimum atomic E-state index is 0.0414. The van der Waals surface area contributed by atoms with Crippen LogP contribution >= 0.6 is 0 Å². The first-order valence-corrected chi connectivity index (χ1v) is 41.8. The highest BCUT2D eigenvalue weighted by Gasteiger charge is 2.49. The highest BCUT2D eigenvalue weighted by molar-refractivity contribution is 6.10. The third kappa shape index (κ3) is 14.7. The van der Waals surface area contributed by atoms with Gasteiger partial charge in [0.05, 0.1) is 0 Å². The Labute approximate surface area is 661 Å². The molecule has 0 N–H and O–H groups in total. The number of aryl methyl sites for hydroxylation is 3. The van der Waals surface area contributed by atoms with E-state index in [-0.39, 0.29) is 27.1 Å². The van der Waals surface area contributed by atoms with Crippen LogP contribution in [0.2, 0.25) is 0 Å². The summed E-state index contributed by atoms with van der Waals surface area (Å²) in [5.41, 5.74) is 29.2. The topological polar surface area (TPSA) is 21.3 Å². The van der Waals surface area contributed by atoms with E-state index in [4.69, 9.17) is 0 Å². The molecule has 4 bridgehead atoms. The maximum absolute atomic E-state index is 2.55. The van der Waals surface area contributed by atoms with Crippen molar-refractivity contribution in [1.82, 2.24) is 13.7 Å². The Morgan fingerprint density at radius 1 is 0.318 bits per heavy atom. The molecule has 0 atom stereocenters. The number of aromatic nitrogens is 3. The van der Waals surface area contributed by atoms with Crippen molar-refractivity contribution >= 4 is 88.2 Å². The van der Waals surface area contributed by atoms with E-state index in [2.05, 4.69) is 397 Å². The smallest absolute Gasteiger partial charge is 0.0491 e. The Morgan fingerprint density at radius 2 is 0.682 bits per heavy atom. The van der Waals surface area contributed by atoms with E-state index in [1.54, 1.807) is 12.0 Å². The summed E-state index contributed by atoms with van der Waals surface area (Å²) in [6.07, 6.45) is 12.1. The maximum atomic E-state index is 2.55. The van der Waals surface area contributed by atoms with Gasteiger partial charge >= 0.3 is 0 Å². The summed E-state index contributed by atoms with van der Waals surface area (Å²) in [6.45, 7) is 43.9. The first-order valence-electron chi connectivity index (χ1n) is 41.8. The molecule has 19 rings (SSSR count). The average Bonchev–Trinajstić information content (AvgIpc) is 1.06. The molecular weight excluding hydrogens is 1330 g/mol. The van der Waals surface area contributed by atoms with Crippen molar-refractivity contribution in [2.75, 3.05) is 23.9 Å². The van der Waals surface area contributed by atoms with Crippen molar-refractivity contribution in [3.63, 3.8) is 0 Å². The van der Waals surface area contributed by atoms with Crippen molar-refractivity contribution in [1.29, 1.82) is 0 Å². The molecule has 0 amide bonds. The van der Waals surface area contributed by atoms with E-state index < -0.39 is 0 Å². The summed E-state index contributed by atoms with van der Waals surface area (Å²) in [5, 5.41) is 8.34. The number of fused-ring (bicyclic) bond motifs is 13. The normalized spacial score (nSPS) is 18.9. The summed E-state index contributed by atoms with van der Waals surface area (Å²) in [4.78, 5) is 4.65. The van der Waals surface area contributed by atoms with Crippen LogP contribution in [0.15, 0.2) is 206 Å². The summed E-state index contributed by atoms with van der Waals surface area (Å²) >= 11 is 0. The van der Waals surface area contributed by atoms with E-state index in [0.29, 0.717) is 10.8 Å². The van der Waals surface area contributed by atoms with Crippen LogP contribution in [0.25, 0.3) is 65.4 Å². The number of para-hydroxylation sites is 4. The van der Waals surface area contributed by atoms with Crippen LogP contribution in [0.4, 0.5) is 22.7 Å². The van der Waals surface area contributed by atoms with Crippen LogP contribution in [0, 0.1) is 34.5 Å². The zero-order chi connectivity index (χ0) is 78.7. The number of hydrogen-bond donors (Lipinski definition) is 0. The average molecular weight is 1460 g/mol. The fourth-order valence-corrected chi connectivity index (χ4v) is 20.3. The predicted molar refractivity (Wildman–Crippen MR) is 479 cm³/mol. The van der Waals surface area contributed by atoms with E-state index in [1.807, 2.05) is 0 Å². The Kier molecular flexibility index (Phi) is 20.6. The van der Waals surface area contributed by atoms with Gasteiger partial charge in [-0.05, 0) is 243 Å². The van der Waals surface area contributed by atoms with Gasteiger partial charge < -0.3 is 23.5 Å². The van der Waals surface area contributed by atoms with Crippen molar-refractivity contribution < 1.29 is 0 Å². The lowest BCUT2D eigenvalue weighted by molar-refractivity contribution is -0.00273. The third-order valence-corrected chi connectivity index (χ3v) is 27.2. The van der Waals surface area contributed by atoms with Gasteiger partial charge in [0.1, 0.15) is 0 Å². The predicted octanol–water partition coefficient (Wildman–Crippen LogP) is 28.6. The van der Waals surface area contributed by atoms with Gasteiger partial charge in [-0.25, -0.2) is 0 Å². The molecule has 3 aromatic heterocycles. The summed E-state index contributed by atoms with van der Waals surface area (Å²) < 4.78 is 7.01. The van der Waals surface area contributed by atoms with E-state index in [1.165, 1.54) is 164 Å². The third-order valence-electron chi connectivity index (χ3n) is 27.2. The summed E-state index contributed by atoms with van der Waals surface area (Å²) in [6, 6.07) is 77.3. The molecule has 0 radical (unpaired) electrons. The second-order valence-corrected chi connectivity index (χ2v) is 39.9. The Morgan fingerprint density at radius 3 is 1.15 bits per heavy atom. The highest BCUT2D eigenvalue weighted by atomic mass is 15.1. The highest BCUT2D eigenvalue weighted by Crippen LogP contribution is 2.60. The standard InChI is InChI=1S/C23H25N.C23H31N.C21H27N.C20H25N.C18H21N/c1-24-21-5-3-2-4-19(21)20-13-16(6-7-22(20)24)23-17-9-14-8-15(11-17)12-18(23)10-14;1-8-22(3,4)16-10-12-18-19-13-11-17(23(5,6)9-2)15-21(19)24(7)20(18)14-16;1-20(2,3)14-15-11-12-19-17(13-15)21(4,5)16-9-7-8-10-18(16)22(19)6;1-19(2,3)14-11-12-18-16(13-14)20(4,5)15-9-7-8-10-17(15)21(18)6;1-18(2,3)12-13-9-10-17-15(11-13)14-7-5-6-8-16(14)19(17)4/h2-7,13-15,17-18,23H,8-12H2,1H3;10-15H,8-9H2,1-7H3;7-13H,14H2,1-6H3;7-13H,1-6H3;5-11H,12H2,1-4H3. The molecule has 4 saturated carbocycles. The number of benzene rings is 10. The number of nitrogens with zero attached hydrogens (tertiary/aromatic N) is 5. The maximum Gasteiger partial charge on any atom is 0.0491 e. The van der Waals surface area contributed by atoms with E-state index in [0.717, 1.165) is 55.3 Å². The lowest BCUT2D eigenvalue weighted by Crippen LogP contribution is -2.43. The van der Waals surface area contributed by atoms with Gasteiger partial charge in [-0.15, -0.1) is 0 Å². The van der Waals surface area contributed by atoms with Crippen molar-refractivity contribution in [2.24, 2.45) is 55.6 Å². The van der Waals surface area contributed by atoms with Crippen LogP contribution in [0.5, 0.6) is 0 Å². The largest absolute Gasteiger partial charge is 0.344 e. The molecule has 2 aliphatic heterocycles.